The van der Waals surface area contributed by atoms with E-state index in [0.717, 1.165) is 0 Å². The van der Waals surface area contributed by atoms with Crippen molar-refractivity contribution in [2.45, 2.75) is 33.2 Å². The van der Waals surface area contributed by atoms with Crippen molar-refractivity contribution in [1.29, 1.82) is 5.41 Å². The van der Waals surface area contributed by atoms with E-state index in [1.807, 2.05) is 27.7 Å². The van der Waals surface area contributed by atoms with Crippen LogP contribution < -0.4 is 16.2 Å². The van der Waals surface area contributed by atoms with E-state index < -0.39 is 0 Å². The predicted octanol–water partition coefficient (Wildman–Crippen LogP) is 1.01. The molecular weight excluding hydrogens is 242 g/mol. The lowest BCUT2D eigenvalue weighted by Gasteiger charge is -2.26. The predicted molar refractivity (Wildman–Crippen MR) is 77.8 cm³/mol. The minimum absolute atomic E-state index is 0.110. The van der Waals surface area contributed by atoms with Gasteiger partial charge >= 0.3 is 0 Å². The van der Waals surface area contributed by atoms with Gasteiger partial charge in [-0.1, -0.05) is 6.92 Å². The van der Waals surface area contributed by atoms with Gasteiger partial charge in [-0.25, -0.2) is 4.98 Å². The van der Waals surface area contributed by atoms with Gasteiger partial charge in [-0.3, -0.25) is 10.2 Å². The highest BCUT2D eigenvalue weighted by Crippen LogP contribution is 2.12. The second kappa shape index (κ2) is 5.42. The van der Waals surface area contributed by atoms with Crippen LogP contribution in [0.2, 0.25) is 0 Å². The van der Waals surface area contributed by atoms with Gasteiger partial charge in [0.25, 0.3) is 5.56 Å². The van der Waals surface area contributed by atoms with Crippen LogP contribution in [0.15, 0.2) is 17.2 Å². The monoisotopic (exact) mass is 265 g/mol. The average Bonchev–Trinajstić information content (AvgIpc) is 2.27. The van der Waals surface area contributed by atoms with E-state index in [1.54, 1.807) is 28.9 Å². The Hall–Kier alpha value is -1.85. The Morgan fingerprint density at radius 3 is 2.63 bits per heavy atom. The average molecular weight is 265 g/mol. The molecule has 1 aromatic rings. The van der Waals surface area contributed by atoms with Crippen LogP contribution >= 0.6 is 0 Å². The van der Waals surface area contributed by atoms with Crippen molar-refractivity contribution in [2.75, 3.05) is 18.5 Å². The number of hydrogen-bond donors (Lipinski definition) is 2. The van der Waals surface area contributed by atoms with Crippen LogP contribution in [0.25, 0.3) is 0 Å². The number of aromatic nitrogens is 2. The SMILES string of the molecule is CC(CN(C)c1nccn(C(C)(C)C)c1=O)C(=N)N. The third-order valence-electron chi connectivity index (χ3n) is 2.99. The molecule has 1 aromatic heterocycles. The number of rotatable bonds is 4. The topological polar surface area (TPSA) is 88.0 Å². The van der Waals surface area contributed by atoms with Crippen LogP contribution in [0.4, 0.5) is 5.82 Å². The fraction of sp³-hybridized carbons (Fsp3) is 0.615. The van der Waals surface area contributed by atoms with Gasteiger partial charge in [-0.2, -0.15) is 0 Å². The molecule has 1 atom stereocenters. The summed E-state index contributed by atoms with van der Waals surface area (Å²) in [7, 11) is 1.79. The third-order valence-corrected chi connectivity index (χ3v) is 2.99. The van der Waals surface area contributed by atoms with Crippen molar-refractivity contribution in [2.24, 2.45) is 11.7 Å². The van der Waals surface area contributed by atoms with Gasteiger partial charge in [-0.05, 0) is 20.8 Å². The van der Waals surface area contributed by atoms with Gasteiger partial charge in [0, 0.05) is 37.4 Å². The lowest BCUT2D eigenvalue weighted by Crippen LogP contribution is -2.40. The summed E-state index contributed by atoms with van der Waals surface area (Å²) in [5.74, 6) is 0.374. The maximum absolute atomic E-state index is 12.4. The summed E-state index contributed by atoms with van der Waals surface area (Å²) in [5, 5.41) is 7.40. The Labute approximate surface area is 113 Å². The zero-order valence-corrected chi connectivity index (χ0v) is 12.3. The van der Waals surface area contributed by atoms with Gasteiger partial charge in [-0.15, -0.1) is 0 Å². The quantitative estimate of drug-likeness (QED) is 0.628. The highest BCUT2D eigenvalue weighted by Gasteiger charge is 2.19. The molecule has 1 heterocycles. The van der Waals surface area contributed by atoms with E-state index in [2.05, 4.69) is 4.98 Å². The van der Waals surface area contributed by atoms with Crippen LogP contribution in [0.5, 0.6) is 0 Å². The molecule has 6 nitrogen and oxygen atoms in total. The van der Waals surface area contributed by atoms with Crippen LogP contribution in [0, 0.1) is 11.3 Å². The van der Waals surface area contributed by atoms with Gasteiger partial charge in [0.05, 0.1) is 5.84 Å². The molecule has 0 aromatic carbocycles. The molecule has 0 amide bonds. The zero-order valence-electron chi connectivity index (χ0n) is 12.3. The Morgan fingerprint density at radius 1 is 1.58 bits per heavy atom. The number of hydrogen-bond acceptors (Lipinski definition) is 4. The molecular formula is C13H23N5O. The van der Waals surface area contributed by atoms with Crippen molar-refractivity contribution in [3.63, 3.8) is 0 Å². The first-order chi connectivity index (χ1) is 8.64. The second-order valence-corrected chi connectivity index (χ2v) is 5.83. The van der Waals surface area contributed by atoms with Crippen LogP contribution in [0.1, 0.15) is 27.7 Å². The molecule has 3 N–H and O–H groups in total. The first-order valence-electron chi connectivity index (χ1n) is 6.27. The molecule has 19 heavy (non-hydrogen) atoms. The first-order valence-corrected chi connectivity index (χ1v) is 6.27. The molecule has 6 heteroatoms. The number of nitrogens with zero attached hydrogens (tertiary/aromatic N) is 3. The Bertz CT molecular complexity index is 515. The summed E-state index contributed by atoms with van der Waals surface area (Å²) in [5.41, 5.74) is 5.03. The van der Waals surface area contributed by atoms with Crippen molar-refractivity contribution < 1.29 is 0 Å². The molecule has 0 saturated carbocycles. The van der Waals surface area contributed by atoms with Crippen LogP contribution in [0.3, 0.4) is 0 Å². The number of amidine groups is 1. The minimum Gasteiger partial charge on any atom is -0.387 e. The molecule has 0 radical (unpaired) electrons. The molecule has 106 valence electrons. The molecule has 0 aliphatic rings. The first kappa shape index (κ1) is 15.2. The Balaban J connectivity index is 3.09. The lowest BCUT2D eigenvalue weighted by molar-refractivity contribution is 0.382. The second-order valence-electron chi connectivity index (χ2n) is 5.83. The Kier molecular flexibility index (Phi) is 4.34. The normalized spacial score (nSPS) is 13.1. The van der Waals surface area contributed by atoms with E-state index in [9.17, 15) is 4.79 Å². The number of nitrogens with one attached hydrogen (secondary N) is 1. The summed E-state index contributed by atoms with van der Waals surface area (Å²) in [4.78, 5) is 18.3. The highest BCUT2D eigenvalue weighted by molar-refractivity contribution is 5.79. The van der Waals surface area contributed by atoms with Crippen molar-refractivity contribution in [3.05, 3.63) is 22.7 Å². The van der Waals surface area contributed by atoms with Crippen LogP contribution in [-0.4, -0.2) is 29.0 Å². The fourth-order valence-electron chi connectivity index (χ4n) is 1.79. The van der Waals surface area contributed by atoms with E-state index >= 15 is 0 Å². The smallest absolute Gasteiger partial charge is 0.293 e. The summed E-state index contributed by atoms with van der Waals surface area (Å²) in [6.45, 7) is 8.25. The summed E-state index contributed by atoms with van der Waals surface area (Å²) >= 11 is 0. The zero-order chi connectivity index (χ0) is 14.8. The van der Waals surface area contributed by atoms with E-state index in [4.69, 9.17) is 11.1 Å². The molecule has 0 aliphatic carbocycles. The van der Waals surface area contributed by atoms with Crippen molar-refractivity contribution in [3.8, 4) is 0 Å². The van der Waals surface area contributed by atoms with E-state index in [-0.39, 0.29) is 22.9 Å². The molecule has 0 fully saturated rings. The third kappa shape index (κ3) is 3.56. The Morgan fingerprint density at radius 2 is 2.16 bits per heavy atom. The summed E-state index contributed by atoms with van der Waals surface area (Å²) in [6.07, 6.45) is 3.31. The highest BCUT2D eigenvalue weighted by atomic mass is 16.1. The van der Waals surface area contributed by atoms with Crippen molar-refractivity contribution in [1.82, 2.24) is 9.55 Å². The lowest BCUT2D eigenvalue weighted by atomic mass is 10.1. The molecule has 0 aliphatic heterocycles. The maximum atomic E-state index is 12.4. The maximum Gasteiger partial charge on any atom is 0.293 e. The van der Waals surface area contributed by atoms with Gasteiger partial charge in [0.2, 0.25) is 0 Å². The molecule has 0 spiro atoms. The summed E-state index contributed by atoms with van der Waals surface area (Å²) < 4.78 is 1.66. The largest absolute Gasteiger partial charge is 0.387 e. The standard InChI is InChI=1S/C13H23N5O/c1-9(10(14)15)8-17(5)11-12(19)18(7-6-16-11)13(2,3)4/h6-7,9H,8H2,1-5H3,(H3,14,15). The van der Waals surface area contributed by atoms with Gasteiger partial charge < -0.3 is 15.2 Å². The molecule has 0 bridgehead atoms. The van der Waals surface area contributed by atoms with Crippen LogP contribution in [-0.2, 0) is 5.54 Å². The number of anilines is 1. The van der Waals surface area contributed by atoms with Crippen molar-refractivity contribution >= 4 is 11.7 Å². The molecule has 1 rings (SSSR count). The number of nitrogens with two attached hydrogens (primary N) is 1. The van der Waals surface area contributed by atoms with E-state index in [1.165, 1.54) is 0 Å². The molecule has 0 saturated heterocycles. The summed E-state index contributed by atoms with van der Waals surface area (Å²) in [6, 6.07) is 0. The fourth-order valence-corrected chi connectivity index (χ4v) is 1.79. The minimum atomic E-state index is -0.290. The van der Waals surface area contributed by atoms with Gasteiger partial charge in [0.1, 0.15) is 0 Å². The van der Waals surface area contributed by atoms with Gasteiger partial charge in [0.15, 0.2) is 5.82 Å². The van der Waals surface area contributed by atoms with E-state index in [0.29, 0.717) is 12.4 Å². The molecule has 1 unspecified atom stereocenters.